The van der Waals surface area contributed by atoms with Gasteiger partial charge in [0.2, 0.25) is 5.91 Å². The number of carbonyl (C=O) groups excluding carboxylic acids is 1. The molecule has 66 valence electrons. The number of rotatable bonds is 2. The van der Waals surface area contributed by atoms with Gasteiger partial charge in [-0.1, -0.05) is 6.42 Å². The lowest BCUT2D eigenvalue weighted by Crippen LogP contribution is -2.30. The highest BCUT2D eigenvalue weighted by atomic mass is 16.2. The minimum absolute atomic E-state index is 0.225. The quantitative estimate of drug-likeness (QED) is 0.620. The third-order valence-electron chi connectivity index (χ3n) is 2.16. The summed E-state index contributed by atoms with van der Waals surface area (Å²) >= 11 is 0. The van der Waals surface area contributed by atoms with E-state index in [0.717, 1.165) is 25.8 Å². The third-order valence-corrected chi connectivity index (χ3v) is 2.16. The maximum Gasteiger partial charge on any atom is 0.222 e. The largest absolute Gasteiger partial charge is 0.342 e. The number of carbonyl (C=O) groups is 1. The molecule has 1 aliphatic heterocycles. The monoisotopic (exact) mass is 166 g/mol. The van der Waals surface area contributed by atoms with E-state index in [2.05, 4.69) is 6.07 Å². The van der Waals surface area contributed by atoms with Crippen molar-refractivity contribution in [2.75, 3.05) is 13.1 Å². The molecular weight excluding hydrogens is 152 g/mol. The van der Waals surface area contributed by atoms with Crippen LogP contribution in [-0.2, 0) is 4.79 Å². The van der Waals surface area contributed by atoms with Gasteiger partial charge in [0.05, 0.1) is 12.5 Å². The van der Waals surface area contributed by atoms with Crippen molar-refractivity contribution >= 4 is 5.91 Å². The lowest BCUT2D eigenvalue weighted by atomic mass is 10.2. The highest BCUT2D eigenvalue weighted by molar-refractivity contribution is 5.76. The Hall–Kier alpha value is -1.04. The van der Waals surface area contributed by atoms with Crippen molar-refractivity contribution in [1.29, 1.82) is 5.26 Å². The van der Waals surface area contributed by atoms with Gasteiger partial charge in [0.15, 0.2) is 0 Å². The maximum absolute atomic E-state index is 11.3. The Labute approximate surface area is 73.0 Å². The number of hydrogen-bond acceptors (Lipinski definition) is 2. The Balaban J connectivity index is 2.38. The molecule has 0 spiro atoms. The third kappa shape index (κ3) is 2.54. The van der Waals surface area contributed by atoms with Crippen LogP contribution in [-0.4, -0.2) is 23.9 Å². The summed E-state index contributed by atoms with van der Waals surface area (Å²) in [5.74, 6) is 0.225. The van der Waals surface area contributed by atoms with E-state index >= 15 is 0 Å². The first-order chi connectivity index (χ1) is 5.84. The van der Waals surface area contributed by atoms with Crippen LogP contribution in [0.2, 0.25) is 0 Å². The summed E-state index contributed by atoms with van der Waals surface area (Å²) in [5, 5.41) is 8.37. The SMILES string of the molecule is N#CCCN1CCCCCC1=O. The van der Waals surface area contributed by atoms with Crippen molar-refractivity contribution in [3.8, 4) is 6.07 Å². The molecule has 0 N–H and O–H groups in total. The average Bonchev–Trinajstić information content (AvgIpc) is 2.27. The van der Waals surface area contributed by atoms with Crippen LogP contribution in [0.3, 0.4) is 0 Å². The average molecular weight is 166 g/mol. The summed E-state index contributed by atoms with van der Waals surface area (Å²) in [6.07, 6.45) is 4.39. The fraction of sp³-hybridized carbons (Fsp3) is 0.778. The topological polar surface area (TPSA) is 44.1 Å². The molecule has 0 aliphatic carbocycles. The second kappa shape index (κ2) is 4.76. The lowest BCUT2D eigenvalue weighted by Gasteiger charge is -2.18. The van der Waals surface area contributed by atoms with Crippen molar-refractivity contribution in [2.45, 2.75) is 32.1 Å². The van der Waals surface area contributed by atoms with Crippen LogP contribution in [0.15, 0.2) is 0 Å². The molecule has 1 amide bonds. The predicted octanol–water partition coefficient (Wildman–Crippen LogP) is 1.30. The number of nitriles is 1. The second-order valence-electron chi connectivity index (χ2n) is 3.10. The summed E-state index contributed by atoms with van der Waals surface area (Å²) in [7, 11) is 0. The van der Waals surface area contributed by atoms with Gasteiger partial charge in [-0.2, -0.15) is 5.26 Å². The van der Waals surface area contributed by atoms with E-state index in [4.69, 9.17) is 5.26 Å². The molecule has 0 radical (unpaired) electrons. The molecule has 0 atom stereocenters. The molecule has 0 bridgehead atoms. The van der Waals surface area contributed by atoms with Crippen molar-refractivity contribution in [3.63, 3.8) is 0 Å². The Morgan fingerprint density at radius 2 is 2.25 bits per heavy atom. The first-order valence-corrected chi connectivity index (χ1v) is 4.49. The zero-order valence-corrected chi connectivity index (χ0v) is 7.25. The Morgan fingerprint density at radius 3 is 3.00 bits per heavy atom. The van der Waals surface area contributed by atoms with Crippen LogP contribution in [0.4, 0.5) is 0 Å². The van der Waals surface area contributed by atoms with Crippen molar-refractivity contribution < 1.29 is 4.79 Å². The highest BCUT2D eigenvalue weighted by Gasteiger charge is 2.15. The lowest BCUT2D eigenvalue weighted by molar-refractivity contribution is -0.130. The van der Waals surface area contributed by atoms with Crippen LogP contribution < -0.4 is 0 Å². The van der Waals surface area contributed by atoms with Gasteiger partial charge in [0.25, 0.3) is 0 Å². The van der Waals surface area contributed by atoms with E-state index in [1.807, 2.05) is 4.90 Å². The van der Waals surface area contributed by atoms with Crippen molar-refractivity contribution in [3.05, 3.63) is 0 Å². The molecule has 1 fully saturated rings. The van der Waals surface area contributed by atoms with Crippen LogP contribution in [0.5, 0.6) is 0 Å². The van der Waals surface area contributed by atoms with E-state index in [0.29, 0.717) is 19.4 Å². The summed E-state index contributed by atoms with van der Waals surface area (Å²) in [6.45, 7) is 1.47. The van der Waals surface area contributed by atoms with E-state index < -0.39 is 0 Å². The fourth-order valence-corrected chi connectivity index (χ4v) is 1.46. The maximum atomic E-state index is 11.3. The Bertz CT molecular complexity index is 195. The minimum Gasteiger partial charge on any atom is -0.342 e. The van der Waals surface area contributed by atoms with Gasteiger partial charge in [0, 0.05) is 19.5 Å². The molecule has 0 aromatic rings. The number of amides is 1. The zero-order chi connectivity index (χ0) is 8.81. The molecule has 1 saturated heterocycles. The summed E-state index contributed by atoms with van der Waals surface area (Å²) < 4.78 is 0. The molecular formula is C9H14N2O. The van der Waals surface area contributed by atoms with E-state index in [1.165, 1.54) is 0 Å². The molecule has 1 aliphatic rings. The minimum atomic E-state index is 0.225. The van der Waals surface area contributed by atoms with Gasteiger partial charge in [-0.05, 0) is 12.8 Å². The zero-order valence-electron chi connectivity index (χ0n) is 7.25. The van der Waals surface area contributed by atoms with Gasteiger partial charge in [0.1, 0.15) is 0 Å². The van der Waals surface area contributed by atoms with Crippen LogP contribution in [0, 0.1) is 11.3 Å². The standard InChI is InChI=1S/C9H14N2O/c10-6-4-8-11-7-3-1-2-5-9(11)12/h1-5,7-8H2. The van der Waals surface area contributed by atoms with Crippen LogP contribution >= 0.6 is 0 Å². The highest BCUT2D eigenvalue weighted by Crippen LogP contribution is 2.10. The van der Waals surface area contributed by atoms with Gasteiger partial charge >= 0.3 is 0 Å². The van der Waals surface area contributed by atoms with Gasteiger partial charge in [-0.3, -0.25) is 4.79 Å². The van der Waals surface area contributed by atoms with Crippen molar-refractivity contribution in [1.82, 2.24) is 4.90 Å². The smallest absolute Gasteiger partial charge is 0.222 e. The second-order valence-corrected chi connectivity index (χ2v) is 3.10. The molecule has 0 unspecified atom stereocenters. The Morgan fingerprint density at radius 1 is 1.42 bits per heavy atom. The van der Waals surface area contributed by atoms with E-state index in [9.17, 15) is 4.79 Å². The number of hydrogen-bond donors (Lipinski definition) is 0. The normalized spacial score (nSPS) is 18.6. The molecule has 0 aromatic heterocycles. The fourth-order valence-electron chi connectivity index (χ4n) is 1.46. The van der Waals surface area contributed by atoms with Gasteiger partial charge in [-0.25, -0.2) is 0 Å². The van der Waals surface area contributed by atoms with Crippen LogP contribution in [0.25, 0.3) is 0 Å². The summed E-state index contributed by atoms with van der Waals surface area (Å²) in [5.41, 5.74) is 0. The first kappa shape index (κ1) is 9.05. The van der Waals surface area contributed by atoms with E-state index in [1.54, 1.807) is 0 Å². The number of nitrogens with zero attached hydrogens (tertiary/aromatic N) is 2. The Kier molecular flexibility index (Phi) is 3.59. The molecule has 12 heavy (non-hydrogen) atoms. The van der Waals surface area contributed by atoms with E-state index in [-0.39, 0.29) is 5.91 Å². The molecule has 1 heterocycles. The summed E-state index contributed by atoms with van der Waals surface area (Å²) in [6, 6.07) is 2.06. The van der Waals surface area contributed by atoms with Crippen LogP contribution in [0.1, 0.15) is 32.1 Å². The van der Waals surface area contributed by atoms with Gasteiger partial charge < -0.3 is 4.90 Å². The molecule has 3 nitrogen and oxygen atoms in total. The molecule has 3 heteroatoms. The molecule has 0 saturated carbocycles. The van der Waals surface area contributed by atoms with Gasteiger partial charge in [-0.15, -0.1) is 0 Å². The number of likely N-dealkylation sites (tertiary alicyclic amines) is 1. The molecule has 0 aromatic carbocycles. The predicted molar refractivity (Wildman–Crippen MR) is 45.3 cm³/mol. The van der Waals surface area contributed by atoms with Crippen molar-refractivity contribution in [2.24, 2.45) is 0 Å². The first-order valence-electron chi connectivity index (χ1n) is 4.49. The summed E-state index contributed by atoms with van der Waals surface area (Å²) in [4.78, 5) is 13.2. The molecule has 1 rings (SSSR count).